The monoisotopic (exact) mass is 169 g/mol. The van der Waals surface area contributed by atoms with Gasteiger partial charge in [-0.1, -0.05) is 19.8 Å². The molecule has 0 atom stereocenters. The van der Waals surface area contributed by atoms with Gasteiger partial charge in [-0.3, -0.25) is 0 Å². The summed E-state index contributed by atoms with van der Waals surface area (Å²) < 4.78 is 0. The minimum Gasteiger partial charge on any atom is -0.0654 e. The Morgan fingerprint density at radius 3 is 2.36 bits per heavy atom. The summed E-state index contributed by atoms with van der Waals surface area (Å²) in [5.41, 5.74) is 0. The van der Waals surface area contributed by atoms with Crippen LogP contribution >= 0.6 is 10.5 Å². The van der Waals surface area contributed by atoms with Gasteiger partial charge in [0.25, 0.3) is 0 Å². The Morgan fingerprint density at radius 1 is 1.00 bits per heavy atom. The molecule has 1 heterocycles. The predicted octanol–water partition coefficient (Wildman–Crippen LogP) is 4.02. The lowest BCUT2D eigenvalue weighted by Crippen LogP contribution is -1.75. The van der Waals surface area contributed by atoms with Gasteiger partial charge in [-0.2, -0.15) is 0 Å². The van der Waals surface area contributed by atoms with Gasteiger partial charge in [-0.25, -0.2) is 0 Å². The highest BCUT2D eigenvalue weighted by Gasteiger charge is 1.99. The summed E-state index contributed by atoms with van der Waals surface area (Å²) in [5.74, 6) is 1.38. The topological polar surface area (TPSA) is 0 Å². The van der Waals surface area contributed by atoms with E-state index in [0.29, 0.717) is 10.5 Å². The van der Waals surface area contributed by atoms with Crippen molar-refractivity contribution in [1.82, 2.24) is 0 Å². The Bertz CT molecular complexity index is 165. The number of hydrogen-bond donors (Lipinski definition) is 0. The van der Waals surface area contributed by atoms with E-state index in [1.165, 1.54) is 31.4 Å². The van der Waals surface area contributed by atoms with Crippen molar-refractivity contribution >= 4 is 10.5 Å². The molecule has 0 radical (unpaired) electrons. The van der Waals surface area contributed by atoms with Crippen LogP contribution in [0.5, 0.6) is 0 Å². The fraction of sp³-hybridized carbons (Fsp3) is 0.600. The summed E-state index contributed by atoms with van der Waals surface area (Å²) in [6.45, 7) is 2.26. The Morgan fingerprint density at radius 2 is 1.73 bits per heavy atom. The van der Waals surface area contributed by atoms with E-state index in [4.69, 9.17) is 0 Å². The highest BCUT2D eigenvalue weighted by atomic mass is 32.2. The summed E-state index contributed by atoms with van der Waals surface area (Å²) in [6, 6.07) is 4.34. The van der Waals surface area contributed by atoms with E-state index in [1.807, 2.05) is 0 Å². The lowest BCUT2D eigenvalue weighted by atomic mass is 10.2. The summed E-state index contributed by atoms with van der Waals surface area (Å²) in [6.07, 6.45) is 5.58. The highest BCUT2D eigenvalue weighted by Crippen LogP contribution is 2.20. The van der Waals surface area contributed by atoms with E-state index in [0.717, 1.165) is 0 Å². The van der Waals surface area contributed by atoms with Gasteiger partial charge in [0.1, 0.15) is 16.5 Å². The molecule has 0 saturated heterocycles. The average molecular weight is 169 g/mol. The van der Waals surface area contributed by atoms with E-state index >= 15 is 0 Å². The zero-order valence-corrected chi connectivity index (χ0v) is 8.07. The molecule has 0 aliphatic heterocycles. The molecule has 1 heteroatoms. The number of thiophene rings is 1. The summed E-state index contributed by atoms with van der Waals surface area (Å²) in [7, 11) is 0.508. The maximum Gasteiger partial charge on any atom is 0.137 e. The van der Waals surface area contributed by atoms with Gasteiger partial charge in [0.05, 0.1) is 0 Å². The van der Waals surface area contributed by atoms with Crippen molar-refractivity contribution in [1.29, 1.82) is 0 Å². The molecule has 0 aliphatic rings. The van der Waals surface area contributed by atoms with Crippen LogP contribution in [0.25, 0.3) is 0 Å². The molecule has 62 valence electrons. The maximum absolute atomic E-state index is 2.33. The SMILES string of the molecule is CCCCCC[s+]1cccc1. The molecule has 0 aromatic carbocycles. The summed E-state index contributed by atoms with van der Waals surface area (Å²) in [4.78, 5) is 0. The lowest BCUT2D eigenvalue weighted by molar-refractivity contribution is 0.690. The van der Waals surface area contributed by atoms with Crippen LogP contribution in [-0.2, 0) is 5.75 Å². The third kappa shape index (κ3) is 3.57. The van der Waals surface area contributed by atoms with Gasteiger partial charge in [-0.15, -0.1) is 0 Å². The first-order valence-electron chi connectivity index (χ1n) is 4.47. The van der Waals surface area contributed by atoms with Gasteiger partial charge in [0.15, 0.2) is 0 Å². The standard InChI is InChI=1S/C10H17S/c1-2-3-4-5-8-11-9-6-7-10-11/h6-7,9-10H,2-5,8H2,1H3/q+1. The van der Waals surface area contributed by atoms with Crippen molar-refractivity contribution in [2.45, 2.75) is 38.4 Å². The fourth-order valence-electron chi connectivity index (χ4n) is 1.17. The van der Waals surface area contributed by atoms with Crippen LogP contribution in [-0.4, -0.2) is 0 Å². The highest BCUT2D eigenvalue weighted by molar-refractivity contribution is 7.27. The molecule has 11 heavy (non-hydrogen) atoms. The first kappa shape index (κ1) is 8.79. The van der Waals surface area contributed by atoms with E-state index < -0.39 is 0 Å². The van der Waals surface area contributed by atoms with E-state index in [-0.39, 0.29) is 0 Å². The van der Waals surface area contributed by atoms with Crippen molar-refractivity contribution in [3.63, 3.8) is 0 Å². The van der Waals surface area contributed by atoms with Gasteiger partial charge in [0.2, 0.25) is 0 Å². The maximum atomic E-state index is 2.33. The predicted molar refractivity (Wildman–Crippen MR) is 53.1 cm³/mol. The zero-order valence-electron chi connectivity index (χ0n) is 7.25. The average Bonchev–Trinajstić information content (AvgIpc) is 2.50. The molecule has 0 bridgehead atoms. The second-order valence-corrected chi connectivity index (χ2v) is 4.78. The van der Waals surface area contributed by atoms with E-state index in [9.17, 15) is 0 Å². The van der Waals surface area contributed by atoms with Crippen LogP contribution in [0.2, 0.25) is 0 Å². The quantitative estimate of drug-likeness (QED) is 0.461. The van der Waals surface area contributed by atoms with Crippen LogP contribution in [0.4, 0.5) is 0 Å². The van der Waals surface area contributed by atoms with E-state index in [1.54, 1.807) is 0 Å². The van der Waals surface area contributed by atoms with Crippen LogP contribution in [0.3, 0.4) is 0 Å². The van der Waals surface area contributed by atoms with Crippen LogP contribution in [0.15, 0.2) is 22.9 Å². The fourth-order valence-corrected chi connectivity index (χ4v) is 2.65. The summed E-state index contributed by atoms with van der Waals surface area (Å²) in [5, 5.41) is 4.65. The van der Waals surface area contributed by atoms with Crippen molar-refractivity contribution in [3.8, 4) is 0 Å². The Labute approximate surface area is 72.2 Å². The number of aryl methyl sites for hydroxylation is 1. The second-order valence-electron chi connectivity index (χ2n) is 2.89. The van der Waals surface area contributed by atoms with Gasteiger partial charge in [0, 0.05) is 0 Å². The molecular weight excluding hydrogens is 152 g/mol. The van der Waals surface area contributed by atoms with Crippen molar-refractivity contribution in [2.24, 2.45) is 0 Å². The van der Waals surface area contributed by atoms with Crippen molar-refractivity contribution in [2.75, 3.05) is 0 Å². The lowest BCUT2D eigenvalue weighted by Gasteiger charge is -1.91. The number of unbranched alkanes of at least 4 members (excludes halogenated alkanes) is 3. The molecular formula is C10H17S+. The normalized spacial score (nSPS) is 10.3. The first-order chi connectivity index (χ1) is 5.43. The van der Waals surface area contributed by atoms with E-state index in [2.05, 4.69) is 29.8 Å². The molecule has 0 N–H and O–H groups in total. The van der Waals surface area contributed by atoms with Gasteiger partial charge in [-0.05, 0) is 35.4 Å². The molecule has 0 fully saturated rings. The van der Waals surface area contributed by atoms with Crippen molar-refractivity contribution in [3.05, 3.63) is 22.9 Å². The first-order valence-corrected chi connectivity index (χ1v) is 5.99. The minimum absolute atomic E-state index is 0.508. The molecule has 1 aromatic heterocycles. The number of hydrogen-bond acceptors (Lipinski definition) is 0. The number of rotatable bonds is 5. The van der Waals surface area contributed by atoms with Crippen LogP contribution < -0.4 is 0 Å². The van der Waals surface area contributed by atoms with Crippen LogP contribution in [0, 0.1) is 0 Å². The molecule has 0 spiro atoms. The minimum atomic E-state index is 0.508. The molecule has 0 unspecified atom stereocenters. The second kappa shape index (κ2) is 5.36. The smallest absolute Gasteiger partial charge is 0.0654 e. The van der Waals surface area contributed by atoms with Crippen molar-refractivity contribution < 1.29 is 0 Å². The van der Waals surface area contributed by atoms with Gasteiger partial charge >= 0.3 is 0 Å². The molecule has 0 saturated carbocycles. The van der Waals surface area contributed by atoms with Gasteiger partial charge < -0.3 is 0 Å². The third-order valence-corrected chi connectivity index (χ3v) is 3.62. The molecule has 1 rings (SSSR count). The third-order valence-electron chi connectivity index (χ3n) is 1.85. The molecule has 0 aliphatic carbocycles. The summed E-state index contributed by atoms with van der Waals surface area (Å²) >= 11 is 0. The molecule has 1 aromatic rings. The Balaban J connectivity index is 2.04. The molecule has 0 nitrogen and oxygen atoms in total. The Hall–Kier alpha value is -0.300. The zero-order chi connectivity index (χ0) is 7.94. The Kier molecular flexibility index (Phi) is 4.29. The van der Waals surface area contributed by atoms with Crippen LogP contribution in [0.1, 0.15) is 32.6 Å². The largest absolute Gasteiger partial charge is 0.137 e. The molecule has 0 amide bonds.